The van der Waals surface area contributed by atoms with Crippen molar-refractivity contribution in [3.63, 3.8) is 0 Å². The van der Waals surface area contributed by atoms with Gasteiger partial charge in [0.15, 0.2) is 0 Å². The summed E-state index contributed by atoms with van der Waals surface area (Å²) in [5, 5.41) is 3.32. The third kappa shape index (κ3) is 5.21. The van der Waals surface area contributed by atoms with Crippen LogP contribution >= 0.6 is 67.8 Å². The van der Waals surface area contributed by atoms with Crippen LogP contribution in [0.3, 0.4) is 0 Å². The Kier molecular flexibility index (Phi) is 7.90. The molecule has 0 aliphatic rings. The molecule has 0 saturated heterocycles. The summed E-state index contributed by atoms with van der Waals surface area (Å²) >= 11 is 6.98. The van der Waals surface area contributed by atoms with Crippen molar-refractivity contribution in [2.24, 2.45) is 0 Å². The van der Waals surface area contributed by atoms with Gasteiger partial charge in [-0.1, -0.05) is 6.92 Å². The van der Waals surface area contributed by atoms with Gasteiger partial charge in [0.05, 0.1) is 7.14 Å². The number of benzene rings is 1. The number of ether oxygens (including phenoxy) is 1. The van der Waals surface area contributed by atoms with Crippen molar-refractivity contribution < 1.29 is 4.74 Å². The average Bonchev–Trinajstić information content (AvgIpc) is 2.20. The summed E-state index contributed by atoms with van der Waals surface area (Å²) in [5.74, 6) is 1.01. The first-order valence-corrected chi connectivity index (χ1v) is 8.36. The highest BCUT2D eigenvalue weighted by Gasteiger charge is 2.07. The molecule has 90 valence electrons. The predicted molar refractivity (Wildman–Crippen MR) is 93.2 cm³/mol. The Balaban J connectivity index is 2.47. The van der Waals surface area contributed by atoms with E-state index in [0.29, 0.717) is 0 Å². The molecule has 1 rings (SSSR count). The molecule has 0 atom stereocenters. The van der Waals surface area contributed by atoms with E-state index >= 15 is 0 Å². The summed E-state index contributed by atoms with van der Waals surface area (Å²) in [7, 11) is 0. The minimum absolute atomic E-state index is 0.729. The molecule has 0 aromatic heterocycles. The number of nitrogens with one attached hydrogen (secondary N) is 1. The van der Waals surface area contributed by atoms with Crippen molar-refractivity contribution in [3.05, 3.63) is 22.8 Å². The van der Waals surface area contributed by atoms with E-state index in [2.05, 4.69) is 92.1 Å². The minimum Gasteiger partial charge on any atom is -0.490 e. The Morgan fingerprint density at radius 2 is 1.75 bits per heavy atom. The fourth-order valence-corrected chi connectivity index (χ4v) is 5.09. The SMILES string of the molecule is CCCNCCOc1c(I)cc(I)cc1I. The molecule has 0 heterocycles. The number of hydrogen-bond donors (Lipinski definition) is 1. The van der Waals surface area contributed by atoms with Crippen LogP contribution in [0.4, 0.5) is 0 Å². The van der Waals surface area contributed by atoms with E-state index in [-0.39, 0.29) is 0 Å². The molecular weight excluding hydrogens is 543 g/mol. The van der Waals surface area contributed by atoms with Gasteiger partial charge in [0.25, 0.3) is 0 Å². The standard InChI is InChI=1S/C11H14I3NO/c1-2-3-15-4-5-16-11-9(13)6-8(12)7-10(11)14/h6-7,15H,2-5H2,1H3. The van der Waals surface area contributed by atoms with Crippen LogP contribution < -0.4 is 10.1 Å². The Morgan fingerprint density at radius 1 is 1.12 bits per heavy atom. The largest absolute Gasteiger partial charge is 0.490 e. The second kappa shape index (κ2) is 8.30. The van der Waals surface area contributed by atoms with Crippen LogP contribution in [0.25, 0.3) is 0 Å². The monoisotopic (exact) mass is 557 g/mol. The first-order valence-electron chi connectivity index (χ1n) is 5.13. The molecule has 0 aliphatic heterocycles. The lowest BCUT2D eigenvalue weighted by Crippen LogP contribution is -2.22. The highest BCUT2D eigenvalue weighted by atomic mass is 127. The van der Waals surface area contributed by atoms with Gasteiger partial charge in [-0.05, 0) is 92.9 Å². The summed E-state index contributed by atoms with van der Waals surface area (Å²) in [6, 6.07) is 4.27. The number of halogens is 3. The maximum Gasteiger partial charge on any atom is 0.146 e. The van der Waals surface area contributed by atoms with Crippen LogP contribution in [-0.4, -0.2) is 19.7 Å². The molecule has 1 N–H and O–H groups in total. The third-order valence-electron chi connectivity index (χ3n) is 1.92. The molecule has 0 unspecified atom stereocenters. The highest BCUT2D eigenvalue weighted by Crippen LogP contribution is 2.29. The molecule has 16 heavy (non-hydrogen) atoms. The first kappa shape index (κ1) is 15.2. The second-order valence-corrected chi connectivity index (χ2v) is 6.87. The molecule has 0 spiro atoms. The van der Waals surface area contributed by atoms with E-state index in [1.54, 1.807) is 0 Å². The smallest absolute Gasteiger partial charge is 0.146 e. The Labute approximate surface area is 138 Å². The van der Waals surface area contributed by atoms with E-state index in [9.17, 15) is 0 Å². The Morgan fingerprint density at radius 3 is 2.31 bits per heavy atom. The van der Waals surface area contributed by atoms with Gasteiger partial charge in [0.1, 0.15) is 12.4 Å². The van der Waals surface area contributed by atoms with Crippen molar-refractivity contribution >= 4 is 67.8 Å². The quantitative estimate of drug-likeness (QED) is 0.424. The van der Waals surface area contributed by atoms with E-state index in [4.69, 9.17) is 4.74 Å². The van der Waals surface area contributed by atoms with Crippen molar-refractivity contribution in [2.45, 2.75) is 13.3 Å². The highest BCUT2D eigenvalue weighted by molar-refractivity contribution is 14.1. The van der Waals surface area contributed by atoms with Crippen molar-refractivity contribution in [3.8, 4) is 5.75 Å². The Bertz CT molecular complexity index is 321. The molecule has 0 saturated carbocycles. The molecule has 0 bridgehead atoms. The fourth-order valence-electron chi connectivity index (χ4n) is 1.19. The van der Waals surface area contributed by atoms with Gasteiger partial charge in [0, 0.05) is 10.1 Å². The van der Waals surface area contributed by atoms with Crippen LogP contribution in [0, 0.1) is 10.7 Å². The van der Waals surface area contributed by atoms with Gasteiger partial charge in [-0.2, -0.15) is 0 Å². The molecular formula is C11H14I3NO. The molecule has 1 aromatic rings. The molecule has 0 fully saturated rings. The maximum absolute atomic E-state index is 5.79. The van der Waals surface area contributed by atoms with Crippen molar-refractivity contribution in [2.75, 3.05) is 19.7 Å². The zero-order valence-electron chi connectivity index (χ0n) is 9.03. The summed E-state index contributed by atoms with van der Waals surface area (Å²) in [6.45, 7) is 4.86. The lowest BCUT2D eigenvalue weighted by Gasteiger charge is -2.11. The lowest BCUT2D eigenvalue weighted by molar-refractivity contribution is 0.310. The zero-order valence-corrected chi connectivity index (χ0v) is 15.5. The molecule has 2 nitrogen and oxygen atoms in total. The number of rotatable bonds is 6. The van der Waals surface area contributed by atoms with Crippen LogP contribution in [0.15, 0.2) is 12.1 Å². The van der Waals surface area contributed by atoms with E-state index < -0.39 is 0 Å². The predicted octanol–water partition coefficient (Wildman–Crippen LogP) is 3.88. The summed E-state index contributed by atoms with van der Waals surface area (Å²) in [4.78, 5) is 0. The van der Waals surface area contributed by atoms with E-state index in [1.165, 1.54) is 17.1 Å². The van der Waals surface area contributed by atoms with Crippen molar-refractivity contribution in [1.29, 1.82) is 0 Å². The Hall–Kier alpha value is 1.17. The lowest BCUT2D eigenvalue weighted by atomic mass is 10.3. The third-order valence-corrected chi connectivity index (χ3v) is 4.14. The van der Waals surface area contributed by atoms with Gasteiger partial charge in [-0.3, -0.25) is 0 Å². The van der Waals surface area contributed by atoms with Gasteiger partial charge in [0.2, 0.25) is 0 Å². The second-order valence-electron chi connectivity index (χ2n) is 3.30. The molecule has 0 radical (unpaired) electrons. The van der Waals surface area contributed by atoms with Crippen LogP contribution in [0.2, 0.25) is 0 Å². The molecule has 0 aliphatic carbocycles. The zero-order chi connectivity index (χ0) is 12.0. The maximum atomic E-state index is 5.79. The minimum atomic E-state index is 0.729. The van der Waals surface area contributed by atoms with Gasteiger partial charge >= 0.3 is 0 Å². The number of hydrogen-bond acceptors (Lipinski definition) is 2. The first-order chi connectivity index (χ1) is 7.65. The van der Waals surface area contributed by atoms with Gasteiger partial charge in [-0.25, -0.2) is 0 Å². The summed E-state index contributed by atoms with van der Waals surface area (Å²) < 4.78 is 9.41. The van der Waals surface area contributed by atoms with Crippen molar-refractivity contribution in [1.82, 2.24) is 5.32 Å². The normalized spacial score (nSPS) is 10.5. The summed E-state index contributed by atoms with van der Waals surface area (Å²) in [5.41, 5.74) is 0. The molecule has 5 heteroatoms. The van der Waals surface area contributed by atoms with Crippen LogP contribution in [-0.2, 0) is 0 Å². The molecule has 0 amide bonds. The van der Waals surface area contributed by atoms with Gasteiger partial charge in [-0.15, -0.1) is 0 Å². The fraction of sp³-hybridized carbons (Fsp3) is 0.455. The molecule has 1 aromatic carbocycles. The summed E-state index contributed by atoms with van der Waals surface area (Å²) in [6.07, 6.45) is 1.17. The van der Waals surface area contributed by atoms with Crippen LogP contribution in [0.5, 0.6) is 5.75 Å². The average molecular weight is 557 g/mol. The topological polar surface area (TPSA) is 21.3 Å². The van der Waals surface area contributed by atoms with Crippen LogP contribution in [0.1, 0.15) is 13.3 Å². The van der Waals surface area contributed by atoms with E-state index in [1.807, 2.05) is 0 Å². The van der Waals surface area contributed by atoms with Gasteiger partial charge < -0.3 is 10.1 Å². The van der Waals surface area contributed by atoms with E-state index in [0.717, 1.165) is 25.4 Å².